The Hall–Kier alpha value is -3.86. The summed E-state index contributed by atoms with van der Waals surface area (Å²) in [5.74, 6) is 0.228. The van der Waals surface area contributed by atoms with Crippen LogP contribution in [0.25, 0.3) is 11.1 Å². The van der Waals surface area contributed by atoms with Crippen LogP contribution in [0.1, 0.15) is 28.3 Å². The molecular weight excluding hydrogens is 408 g/mol. The van der Waals surface area contributed by atoms with Gasteiger partial charge in [-0.15, -0.1) is 0 Å². The summed E-state index contributed by atoms with van der Waals surface area (Å²) in [5, 5.41) is 0. The van der Waals surface area contributed by atoms with Gasteiger partial charge >= 0.3 is 0 Å². The highest BCUT2D eigenvalue weighted by Gasteiger charge is 2.36. The molecule has 0 bridgehead atoms. The van der Waals surface area contributed by atoms with E-state index in [0.717, 1.165) is 25.2 Å². The van der Waals surface area contributed by atoms with Crippen molar-refractivity contribution in [1.29, 1.82) is 0 Å². The quantitative estimate of drug-likeness (QED) is 0.504. The van der Waals surface area contributed by atoms with Gasteiger partial charge in [-0.1, -0.05) is 60.7 Å². The molecule has 1 aliphatic heterocycles. The minimum atomic E-state index is -0.0140. The first kappa shape index (κ1) is 19.8. The second kappa shape index (κ2) is 8.24. The van der Waals surface area contributed by atoms with E-state index in [0.29, 0.717) is 13.1 Å². The second-order valence-electron chi connectivity index (χ2n) is 8.91. The number of imidazole rings is 1. The van der Waals surface area contributed by atoms with E-state index in [4.69, 9.17) is 0 Å². The van der Waals surface area contributed by atoms with Gasteiger partial charge in [0.15, 0.2) is 0 Å². The van der Waals surface area contributed by atoms with E-state index in [1.165, 1.54) is 33.5 Å². The number of rotatable bonds is 4. The van der Waals surface area contributed by atoms with Crippen molar-refractivity contribution in [2.24, 2.45) is 0 Å². The molecule has 6 rings (SSSR count). The molecule has 0 saturated heterocycles. The first-order chi connectivity index (χ1) is 16.3. The molecular formula is C28H26N4O. The van der Waals surface area contributed by atoms with Crippen molar-refractivity contribution in [2.75, 3.05) is 18.0 Å². The van der Waals surface area contributed by atoms with Crippen molar-refractivity contribution < 1.29 is 4.79 Å². The highest BCUT2D eigenvalue weighted by atomic mass is 16.2. The molecule has 33 heavy (non-hydrogen) atoms. The number of hydrogen-bond donors (Lipinski definition) is 1. The van der Waals surface area contributed by atoms with Crippen molar-refractivity contribution in [3.8, 4) is 11.1 Å². The standard InChI is InChI=1S/C28H26N4O/c33-28(26-15-22-8-4-5-9-25(22)26)32-13-12-31(18-24-16-29-19-30-24)27-11-10-21(14-23(27)17-32)20-6-2-1-3-7-20/h1-11,14,16,19,26H,12-13,15,17-18H2,(H,29,30). The number of nitrogens with zero attached hydrogens (tertiary/aromatic N) is 3. The molecule has 3 aromatic carbocycles. The number of aromatic amines is 1. The molecule has 2 aliphatic rings. The van der Waals surface area contributed by atoms with E-state index >= 15 is 0 Å². The van der Waals surface area contributed by atoms with Gasteiger partial charge in [-0.3, -0.25) is 4.79 Å². The maximum Gasteiger partial charge on any atom is 0.230 e. The maximum atomic E-state index is 13.6. The van der Waals surface area contributed by atoms with Gasteiger partial charge in [-0.05, 0) is 46.4 Å². The molecule has 1 N–H and O–H groups in total. The van der Waals surface area contributed by atoms with Crippen LogP contribution in [-0.4, -0.2) is 33.9 Å². The maximum absolute atomic E-state index is 13.6. The predicted octanol–water partition coefficient (Wildman–Crippen LogP) is 4.77. The molecule has 1 atom stereocenters. The van der Waals surface area contributed by atoms with Crippen molar-refractivity contribution in [2.45, 2.75) is 25.4 Å². The summed E-state index contributed by atoms with van der Waals surface area (Å²) in [7, 11) is 0. The normalized spacial score (nSPS) is 17.0. The van der Waals surface area contributed by atoms with Gasteiger partial charge in [0, 0.05) is 31.5 Å². The van der Waals surface area contributed by atoms with Crippen molar-refractivity contribution in [3.05, 3.63) is 108 Å². The van der Waals surface area contributed by atoms with E-state index in [2.05, 4.69) is 80.4 Å². The minimum Gasteiger partial charge on any atom is -0.364 e. The number of carbonyl (C=O) groups is 1. The predicted molar refractivity (Wildman–Crippen MR) is 130 cm³/mol. The molecule has 5 heteroatoms. The topological polar surface area (TPSA) is 52.2 Å². The third-order valence-corrected chi connectivity index (χ3v) is 6.90. The van der Waals surface area contributed by atoms with E-state index in [9.17, 15) is 4.79 Å². The summed E-state index contributed by atoms with van der Waals surface area (Å²) in [6, 6.07) is 25.4. The van der Waals surface area contributed by atoms with Gasteiger partial charge in [-0.25, -0.2) is 4.98 Å². The van der Waals surface area contributed by atoms with Crippen molar-refractivity contribution in [1.82, 2.24) is 14.9 Å². The molecule has 0 saturated carbocycles. The largest absolute Gasteiger partial charge is 0.364 e. The lowest BCUT2D eigenvalue weighted by molar-refractivity contribution is -0.133. The van der Waals surface area contributed by atoms with E-state index in [-0.39, 0.29) is 11.8 Å². The van der Waals surface area contributed by atoms with Gasteiger partial charge < -0.3 is 14.8 Å². The van der Waals surface area contributed by atoms with Crippen molar-refractivity contribution >= 4 is 11.6 Å². The summed E-state index contributed by atoms with van der Waals surface area (Å²) in [4.78, 5) is 25.5. The summed E-state index contributed by atoms with van der Waals surface area (Å²) in [6.07, 6.45) is 4.51. The lowest BCUT2D eigenvalue weighted by atomic mass is 9.77. The summed E-state index contributed by atoms with van der Waals surface area (Å²) in [6.45, 7) is 2.84. The fourth-order valence-corrected chi connectivity index (χ4v) is 5.10. The Morgan fingerprint density at radius 2 is 1.79 bits per heavy atom. The van der Waals surface area contributed by atoms with Crippen LogP contribution in [0.5, 0.6) is 0 Å². The van der Waals surface area contributed by atoms with Crippen LogP contribution < -0.4 is 4.90 Å². The highest BCUT2D eigenvalue weighted by molar-refractivity contribution is 5.87. The number of benzene rings is 3. The number of aromatic nitrogens is 2. The van der Waals surface area contributed by atoms with Gasteiger partial charge in [0.25, 0.3) is 0 Å². The zero-order valence-electron chi connectivity index (χ0n) is 18.4. The molecule has 164 valence electrons. The second-order valence-corrected chi connectivity index (χ2v) is 8.91. The lowest BCUT2D eigenvalue weighted by Crippen LogP contribution is -2.41. The minimum absolute atomic E-state index is 0.0140. The SMILES string of the molecule is O=C(C1Cc2ccccc21)N1CCN(Cc2c[nH]cn2)c2ccc(-c3ccccc3)cc2C1. The number of amides is 1. The monoisotopic (exact) mass is 434 g/mol. The van der Waals surface area contributed by atoms with Gasteiger partial charge in [0.2, 0.25) is 5.91 Å². The molecule has 1 aliphatic carbocycles. The van der Waals surface area contributed by atoms with E-state index in [1.54, 1.807) is 6.33 Å². The third-order valence-electron chi connectivity index (χ3n) is 6.90. The zero-order chi connectivity index (χ0) is 22.2. The van der Waals surface area contributed by atoms with Crippen molar-refractivity contribution in [3.63, 3.8) is 0 Å². The number of fused-ring (bicyclic) bond motifs is 2. The molecule has 5 nitrogen and oxygen atoms in total. The van der Waals surface area contributed by atoms with Crippen LogP contribution in [-0.2, 0) is 24.3 Å². The first-order valence-electron chi connectivity index (χ1n) is 11.5. The van der Waals surface area contributed by atoms with Gasteiger partial charge in [0.1, 0.15) is 0 Å². The lowest BCUT2D eigenvalue weighted by Gasteiger charge is -2.33. The van der Waals surface area contributed by atoms with Gasteiger partial charge in [-0.2, -0.15) is 0 Å². The first-order valence-corrected chi connectivity index (χ1v) is 11.5. The smallest absolute Gasteiger partial charge is 0.230 e. The molecule has 1 unspecified atom stereocenters. The molecule has 0 radical (unpaired) electrons. The average molecular weight is 435 g/mol. The summed E-state index contributed by atoms with van der Waals surface area (Å²) in [5.41, 5.74) is 8.23. The Kier molecular flexibility index (Phi) is 4.95. The molecule has 1 aromatic heterocycles. The Balaban J connectivity index is 1.33. The number of nitrogens with one attached hydrogen (secondary N) is 1. The third kappa shape index (κ3) is 3.69. The van der Waals surface area contributed by atoms with Crippen LogP contribution in [0.3, 0.4) is 0 Å². The number of H-pyrrole nitrogens is 1. The number of hydrogen-bond acceptors (Lipinski definition) is 3. The molecule has 4 aromatic rings. The zero-order valence-corrected chi connectivity index (χ0v) is 18.4. The van der Waals surface area contributed by atoms with Crippen LogP contribution in [0, 0.1) is 0 Å². The Morgan fingerprint density at radius 3 is 2.61 bits per heavy atom. The van der Waals surface area contributed by atoms with Crippen LogP contribution >= 0.6 is 0 Å². The van der Waals surface area contributed by atoms with Crippen LogP contribution in [0.4, 0.5) is 5.69 Å². The Bertz CT molecular complexity index is 1280. The Morgan fingerprint density at radius 1 is 0.939 bits per heavy atom. The molecule has 2 heterocycles. The molecule has 0 spiro atoms. The Labute approximate surface area is 193 Å². The van der Waals surface area contributed by atoms with Crippen LogP contribution in [0.2, 0.25) is 0 Å². The number of carbonyl (C=O) groups excluding carboxylic acids is 1. The highest BCUT2D eigenvalue weighted by Crippen LogP contribution is 2.38. The average Bonchev–Trinajstić information content (AvgIpc) is 3.28. The van der Waals surface area contributed by atoms with Crippen LogP contribution in [0.15, 0.2) is 85.3 Å². The van der Waals surface area contributed by atoms with E-state index < -0.39 is 0 Å². The summed E-state index contributed by atoms with van der Waals surface area (Å²) < 4.78 is 0. The molecule has 1 amide bonds. The fraction of sp³-hybridized carbons (Fsp3) is 0.214. The molecule has 0 fully saturated rings. The van der Waals surface area contributed by atoms with E-state index in [1.807, 2.05) is 18.3 Å². The summed E-state index contributed by atoms with van der Waals surface area (Å²) >= 11 is 0. The number of anilines is 1. The van der Waals surface area contributed by atoms with Gasteiger partial charge in [0.05, 0.1) is 24.5 Å². The fourth-order valence-electron chi connectivity index (χ4n) is 5.10.